The molecule has 1 aliphatic rings. The third-order valence-electron chi connectivity index (χ3n) is 4.38. The van der Waals surface area contributed by atoms with Crippen LogP contribution in [0.3, 0.4) is 0 Å². The molecule has 3 amide bonds. The van der Waals surface area contributed by atoms with E-state index in [9.17, 15) is 14.4 Å². The number of nitrogens with two attached hydrogens (primary N) is 1. The van der Waals surface area contributed by atoms with E-state index in [1.54, 1.807) is 18.2 Å². The monoisotopic (exact) mass is 386 g/mol. The maximum Gasteiger partial charge on any atom is 0.313 e. The molecule has 1 aliphatic heterocycles. The Labute approximate surface area is 161 Å². The molecule has 1 fully saturated rings. The van der Waals surface area contributed by atoms with Crippen molar-refractivity contribution >= 4 is 40.7 Å². The van der Waals surface area contributed by atoms with Crippen molar-refractivity contribution in [3.05, 3.63) is 59.1 Å². The second kappa shape index (κ2) is 8.09. The number of primary amides is 1. The minimum Gasteiger partial charge on any atom is -0.368 e. The van der Waals surface area contributed by atoms with Gasteiger partial charge in [0.15, 0.2) is 0 Å². The first kappa shape index (κ1) is 18.7. The van der Waals surface area contributed by atoms with E-state index in [4.69, 9.17) is 17.3 Å². The maximum absolute atomic E-state index is 12.4. The Balaban J connectivity index is 1.61. The van der Waals surface area contributed by atoms with E-state index >= 15 is 0 Å². The van der Waals surface area contributed by atoms with Gasteiger partial charge in [-0.3, -0.25) is 14.4 Å². The summed E-state index contributed by atoms with van der Waals surface area (Å²) in [5.74, 6) is -2.10. The standard InChI is InChI=1S/C19H19ClN4O3/c20-13-4-3-5-14(12-13)23-8-10-24(11-9-23)19(27)18(26)22-16-7-2-1-6-15(16)17(21)25/h1-7,12H,8-11H2,(H2,21,25)(H,22,26). The Kier molecular flexibility index (Phi) is 5.61. The first-order chi connectivity index (χ1) is 13.0. The summed E-state index contributed by atoms with van der Waals surface area (Å²) in [6.45, 7) is 2.01. The summed E-state index contributed by atoms with van der Waals surface area (Å²) in [7, 11) is 0. The zero-order chi connectivity index (χ0) is 19.4. The number of carbonyl (C=O) groups is 3. The number of nitrogens with one attached hydrogen (secondary N) is 1. The van der Waals surface area contributed by atoms with Crippen molar-refractivity contribution in [1.82, 2.24) is 4.90 Å². The fourth-order valence-corrected chi connectivity index (χ4v) is 3.15. The van der Waals surface area contributed by atoms with Crippen LogP contribution in [-0.4, -0.2) is 48.8 Å². The number of carbonyl (C=O) groups excluding carboxylic acids is 3. The number of nitrogens with zero attached hydrogens (tertiary/aromatic N) is 2. The third-order valence-corrected chi connectivity index (χ3v) is 4.61. The highest BCUT2D eigenvalue weighted by atomic mass is 35.5. The summed E-state index contributed by atoms with van der Waals surface area (Å²) in [6, 6.07) is 13.8. The summed E-state index contributed by atoms with van der Waals surface area (Å²) in [5.41, 5.74) is 6.65. The molecule has 27 heavy (non-hydrogen) atoms. The highest BCUT2D eigenvalue weighted by Crippen LogP contribution is 2.21. The molecule has 0 unspecified atom stereocenters. The first-order valence-electron chi connectivity index (χ1n) is 8.45. The van der Waals surface area contributed by atoms with Crippen LogP contribution in [0.1, 0.15) is 10.4 Å². The lowest BCUT2D eigenvalue weighted by atomic mass is 10.1. The van der Waals surface area contributed by atoms with Gasteiger partial charge in [-0.15, -0.1) is 0 Å². The summed E-state index contributed by atoms with van der Waals surface area (Å²) in [5, 5.41) is 3.13. The largest absolute Gasteiger partial charge is 0.368 e. The summed E-state index contributed by atoms with van der Waals surface area (Å²) in [6.07, 6.45) is 0. The van der Waals surface area contributed by atoms with Crippen LogP contribution in [0.2, 0.25) is 5.02 Å². The molecule has 2 aromatic carbocycles. The van der Waals surface area contributed by atoms with Gasteiger partial charge in [0, 0.05) is 36.9 Å². The van der Waals surface area contributed by atoms with Gasteiger partial charge in [0.1, 0.15) is 0 Å². The molecule has 0 aliphatic carbocycles. The van der Waals surface area contributed by atoms with Crippen molar-refractivity contribution in [3.63, 3.8) is 0 Å². The maximum atomic E-state index is 12.4. The Bertz CT molecular complexity index is 879. The Morgan fingerprint density at radius 1 is 0.963 bits per heavy atom. The minimum absolute atomic E-state index is 0.157. The van der Waals surface area contributed by atoms with E-state index in [-0.39, 0.29) is 11.3 Å². The second-order valence-corrected chi connectivity index (χ2v) is 6.56. The van der Waals surface area contributed by atoms with E-state index in [2.05, 4.69) is 10.2 Å². The topological polar surface area (TPSA) is 95.7 Å². The van der Waals surface area contributed by atoms with Gasteiger partial charge in [0.05, 0.1) is 11.3 Å². The van der Waals surface area contributed by atoms with Crippen LogP contribution in [0.5, 0.6) is 0 Å². The predicted molar refractivity (Wildman–Crippen MR) is 104 cm³/mol. The lowest BCUT2D eigenvalue weighted by molar-refractivity contribution is -0.143. The van der Waals surface area contributed by atoms with Crippen molar-refractivity contribution in [2.45, 2.75) is 0 Å². The van der Waals surface area contributed by atoms with Gasteiger partial charge >= 0.3 is 11.8 Å². The highest BCUT2D eigenvalue weighted by Gasteiger charge is 2.27. The van der Waals surface area contributed by atoms with E-state index in [1.165, 1.54) is 17.0 Å². The number of hydrogen-bond acceptors (Lipinski definition) is 4. The molecule has 0 bridgehead atoms. The summed E-state index contributed by atoms with van der Waals surface area (Å²) < 4.78 is 0. The lowest BCUT2D eigenvalue weighted by Crippen LogP contribution is -2.51. The lowest BCUT2D eigenvalue weighted by Gasteiger charge is -2.35. The normalized spacial score (nSPS) is 14.0. The molecule has 7 nitrogen and oxygen atoms in total. The number of hydrogen-bond donors (Lipinski definition) is 2. The number of piperazine rings is 1. The van der Waals surface area contributed by atoms with Gasteiger partial charge in [-0.2, -0.15) is 0 Å². The Hall–Kier alpha value is -3.06. The number of anilines is 2. The minimum atomic E-state index is -0.792. The van der Waals surface area contributed by atoms with Crippen molar-refractivity contribution in [2.75, 3.05) is 36.4 Å². The van der Waals surface area contributed by atoms with Crippen molar-refractivity contribution in [2.24, 2.45) is 5.73 Å². The predicted octanol–water partition coefficient (Wildman–Crippen LogP) is 1.73. The molecule has 0 spiro atoms. The SMILES string of the molecule is NC(=O)c1ccccc1NC(=O)C(=O)N1CCN(c2cccc(Cl)c2)CC1. The van der Waals surface area contributed by atoms with Crippen molar-refractivity contribution in [3.8, 4) is 0 Å². The van der Waals surface area contributed by atoms with Gasteiger partial charge in [0.25, 0.3) is 5.91 Å². The highest BCUT2D eigenvalue weighted by molar-refractivity contribution is 6.40. The smallest absolute Gasteiger partial charge is 0.313 e. The molecule has 8 heteroatoms. The van der Waals surface area contributed by atoms with Crippen LogP contribution < -0.4 is 16.0 Å². The number of rotatable bonds is 3. The van der Waals surface area contributed by atoms with Gasteiger partial charge in [0.2, 0.25) is 0 Å². The van der Waals surface area contributed by atoms with Crippen LogP contribution in [0.4, 0.5) is 11.4 Å². The molecule has 1 heterocycles. The number of benzene rings is 2. The molecule has 0 aromatic heterocycles. The molecule has 0 saturated carbocycles. The molecule has 3 N–H and O–H groups in total. The fraction of sp³-hybridized carbons (Fsp3) is 0.211. The van der Waals surface area contributed by atoms with Gasteiger partial charge in [-0.25, -0.2) is 0 Å². The van der Waals surface area contributed by atoms with E-state index in [0.29, 0.717) is 31.2 Å². The van der Waals surface area contributed by atoms with Gasteiger partial charge < -0.3 is 20.9 Å². The molecule has 3 rings (SSSR count). The van der Waals surface area contributed by atoms with E-state index < -0.39 is 17.7 Å². The van der Waals surface area contributed by atoms with Crippen LogP contribution in [0.25, 0.3) is 0 Å². The van der Waals surface area contributed by atoms with E-state index in [0.717, 1.165) is 5.69 Å². The second-order valence-electron chi connectivity index (χ2n) is 6.12. The molecular formula is C19H19ClN4O3. The Morgan fingerprint density at radius 2 is 1.67 bits per heavy atom. The third kappa shape index (κ3) is 4.38. The van der Waals surface area contributed by atoms with Crippen LogP contribution in [0, 0.1) is 0 Å². The van der Waals surface area contributed by atoms with Gasteiger partial charge in [-0.05, 0) is 30.3 Å². The molecule has 140 valence electrons. The molecule has 2 aromatic rings. The van der Waals surface area contributed by atoms with Crippen molar-refractivity contribution in [1.29, 1.82) is 0 Å². The zero-order valence-electron chi connectivity index (χ0n) is 14.5. The molecular weight excluding hydrogens is 368 g/mol. The van der Waals surface area contributed by atoms with E-state index in [1.807, 2.05) is 18.2 Å². The zero-order valence-corrected chi connectivity index (χ0v) is 15.3. The quantitative estimate of drug-likeness (QED) is 0.785. The Morgan fingerprint density at radius 3 is 2.33 bits per heavy atom. The number of halogens is 1. The van der Waals surface area contributed by atoms with Gasteiger partial charge in [-0.1, -0.05) is 29.8 Å². The van der Waals surface area contributed by atoms with Crippen LogP contribution in [0.15, 0.2) is 48.5 Å². The average molecular weight is 387 g/mol. The number of amides is 3. The summed E-state index contributed by atoms with van der Waals surface area (Å²) in [4.78, 5) is 39.8. The fourth-order valence-electron chi connectivity index (χ4n) is 2.97. The average Bonchev–Trinajstić information content (AvgIpc) is 2.67. The van der Waals surface area contributed by atoms with Crippen LogP contribution >= 0.6 is 11.6 Å². The molecule has 1 saturated heterocycles. The summed E-state index contributed by atoms with van der Waals surface area (Å²) >= 11 is 6.02. The van der Waals surface area contributed by atoms with Crippen molar-refractivity contribution < 1.29 is 14.4 Å². The number of para-hydroxylation sites is 1. The molecule has 0 radical (unpaired) electrons. The molecule has 0 atom stereocenters. The van der Waals surface area contributed by atoms with Crippen LogP contribution in [-0.2, 0) is 9.59 Å². The first-order valence-corrected chi connectivity index (χ1v) is 8.83.